The molecule has 0 spiro atoms. The first kappa shape index (κ1) is 9.21. The van der Waals surface area contributed by atoms with Crippen molar-refractivity contribution in [2.75, 3.05) is 0 Å². The van der Waals surface area contributed by atoms with Crippen molar-refractivity contribution in [3.8, 4) is 0 Å². The molecule has 66 valence electrons. The first-order chi connectivity index (χ1) is 5.54. The van der Waals surface area contributed by atoms with Crippen molar-refractivity contribution in [3.63, 3.8) is 0 Å². The van der Waals surface area contributed by atoms with Crippen molar-refractivity contribution >= 4 is 21.9 Å². The van der Waals surface area contributed by atoms with Crippen LogP contribution in [0.1, 0.15) is 11.8 Å². The highest BCUT2D eigenvalue weighted by molar-refractivity contribution is 9.10. The fourth-order valence-electron chi connectivity index (χ4n) is 0.845. The maximum absolute atomic E-state index is 10.4. The Labute approximate surface area is 76.8 Å². The minimum atomic E-state index is -1.54. The van der Waals surface area contributed by atoms with E-state index in [1.165, 1.54) is 10.9 Å². The molecule has 0 aliphatic rings. The van der Waals surface area contributed by atoms with Gasteiger partial charge in [-0.25, -0.2) is 4.79 Å². The van der Waals surface area contributed by atoms with Crippen molar-refractivity contribution in [2.24, 2.45) is 7.05 Å². The van der Waals surface area contributed by atoms with Gasteiger partial charge in [0.2, 0.25) is 0 Å². The number of aromatic nitrogens is 2. The first-order valence-electron chi connectivity index (χ1n) is 3.12. The van der Waals surface area contributed by atoms with E-state index in [9.17, 15) is 4.79 Å². The van der Waals surface area contributed by atoms with Crippen LogP contribution in [0.15, 0.2) is 10.7 Å². The summed E-state index contributed by atoms with van der Waals surface area (Å²) < 4.78 is 1.79. The van der Waals surface area contributed by atoms with Crippen molar-refractivity contribution < 1.29 is 15.0 Å². The molecule has 1 unspecified atom stereocenters. The minimum Gasteiger partial charge on any atom is -0.479 e. The van der Waals surface area contributed by atoms with Crippen LogP contribution in [0, 0.1) is 0 Å². The lowest BCUT2D eigenvalue weighted by atomic mass is 10.2. The van der Waals surface area contributed by atoms with Crippen LogP contribution < -0.4 is 0 Å². The van der Waals surface area contributed by atoms with Crippen molar-refractivity contribution in [2.45, 2.75) is 6.10 Å². The lowest BCUT2D eigenvalue weighted by molar-refractivity contribution is -0.147. The summed E-state index contributed by atoms with van der Waals surface area (Å²) in [6.07, 6.45) is -0.103. The van der Waals surface area contributed by atoms with Crippen molar-refractivity contribution in [1.82, 2.24) is 9.78 Å². The predicted octanol–water partition coefficient (Wildman–Crippen LogP) is 0.301. The molecule has 12 heavy (non-hydrogen) atoms. The van der Waals surface area contributed by atoms with Gasteiger partial charge in [0.15, 0.2) is 6.10 Å². The zero-order valence-electron chi connectivity index (χ0n) is 6.23. The van der Waals surface area contributed by atoms with Crippen LogP contribution in [0.25, 0.3) is 0 Å². The molecule has 0 aliphatic carbocycles. The van der Waals surface area contributed by atoms with Gasteiger partial charge in [-0.05, 0) is 15.9 Å². The van der Waals surface area contributed by atoms with Crippen LogP contribution >= 0.6 is 15.9 Å². The van der Waals surface area contributed by atoms with E-state index in [1.54, 1.807) is 7.05 Å². The molecular weight excluding hydrogens is 228 g/mol. The quantitative estimate of drug-likeness (QED) is 0.772. The van der Waals surface area contributed by atoms with E-state index in [1.807, 2.05) is 0 Å². The van der Waals surface area contributed by atoms with Crippen LogP contribution in [0.4, 0.5) is 0 Å². The number of aryl methyl sites for hydroxylation is 1. The SMILES string of the molecule is Cn1ncc(Br)c1C(O)C(=O)O. The maximum atomic E-state index is 10.4. The number of carboxylic acids is 1. The lowest BCUT2D eigenvalue weighted by Crippen LogP contribution is -2.14. The molecule has 5 nitrogen and oxygen atoms in total. The molecule has 0 saturated heterocycles. The molecule has 6 heteroatoms. The fourth-order valence-corrected chi connectivity index (χ4v) is 1.41. The average molecular weight is 235 g/mol. The Balaban J connectivity index is 3.08. The summed E-state index contributed by atoms with van der Waals surface area (Å²) in [5, 5.41) is 21.4. The van der Waals surface area contributed by atoms with Gasteiger partial charge in [-0.1, -0.05) is 0 Å². The van der Waals surface area contributed by atoms with Crippen LogP contribution in [0.5, 0.6) is 0 Å². The molecule has 1 atom stereocenters. The van der Waals surface area contributed by atoms with Crippen LogP contribution in [0.2, 0.25) is 0 Å². The smallest absolute Gasteiger partial charge is 0.338 e. The summed E-state index contributed by atoms with van der Waals surface area (Å²) in [5.41, 5.74) is 0.238. The molecule has 2 N–H and O–H groups in total. The molecule has 0 saturated carbocycles. The third-order valence-electron chi connectivity index (χ3n) is 1.43. The fraction of sp³-hybridized carbons (Fsp3) is 0.333. The Morgan fingerprint density at radius 3 is 2.75 bits per heavy atom. The predicted molar refractivity (Wildman–Crippen MR) is 43.5 cm³/mol. The number of aliphatic carboxylic acids is 1. The van der Waals surface area contributed by atoms with Gasteiger partial charge in [0, 0.05) is 7.05 Å². The molecule has 0 amide bonds. The van der Waals surface area contributed by atoms with Crippen molar-refractivity contribution in [3.05, 3.63) is 16.4 Å². The third-order valence-corrected chi connectivity index (χ3v) is 2.04. The number of aliphatic hydroxyl groups is 1. The second-order valence-electron chi connectivity index (χ2n) is 2.24. The number of carbonyl (C=O) groups is 1. The number of nitrogens with zero attached hydrogens (tertiary/aromatic N) is 2. The molecule has 1 rings (SSSR count). The molecule has 0 aromatic carbocycles. The number of rotatable bonds is 2. The van der Waals surface area contributed by atoms with Gasteiger partial charge in [-0.2, -0.15) is 5.10 Å². The summed E-state index contributed by atoms with van der Waals surface area (Å²) in [7, 11) is 1.56. The number of aliphatic hydroxyl groups excluding tert-OH is 1. The van der Waals surface area contributed by atoms with Gasteiger partial charge in [0.05, 0.1) is 16.4 Å². The Kier molecular flexibility index (Phi) is 2.49. The highest BCUT2D eigenvalue weighted by Gasteiger charge is 2.22. The Hall–Kier alpha value is -0.880. The molecule has 0 aliphatic heterocycles. The number of hydrogen-bond acceptors (Lipinski definition) is 3. The largest absolute Gasteiger partial charge is 0.479 e. The summed E-state index contributed by atoms with van der Waals surface area (Å²) in [6, 6.07) is 0. The van der Waals surface area contributed by atoms with Crippen LogP contribution in [0.3, 0.4) is 0 Å². The Morgan fingerprint density at radius 2 is 2.42 bits per heavy atom. The lowest BCUT2D eigenvalue weighted by Gasteiger charge is -2.05. The molecular formula is C6H7BrN2O3. The summed E-state index contributed by atoms with van der Waals surface area (Å²) in [4.78, 5) is 10.4. The van der Waals surface area contributed by atoms with E-state index in [0.29, 0.717) is 4.47 Å². The van der Waals surface area contributed by atoms with Gasteiger partial charge in [0.25, 0.3) is 0 Å². The standard InChI is InChI=1S/C6H7BrN2O3/c1-9-4(3(7)2-8-9)5(10)6(11)12/h2,5,10H,1H3,(H,11,12). The van der Waals surface area contributed by atoms with Crippen LogP contribution in [-0.4, -0.2) is 26.0 Å². The number of carboxylic acid groups (broad SMARTS) is 1. The molecule has 1 aromatic heterocycles. The average Bonchev–Trinajstić information content (AvgIpc) is 2.30. The second kappa shape index (κ2) is 3.24. The summed E-state index contributed by atoms with van der Waals surface area (Å²) in [6.45, 7) is 0. The monoisotopic (exact) mass is 234 g/mol. The number of hydrogen-bond donors (Lipinski definition) is 2. The molecule has 0 fully saturated rings. The van der Waals surface area contributed by atoms with E-state index < -0.39 is 12.1 Å². The van der Waals surface area contributed by atoms with Gasteiger partial charge < -0.3 is 10.2 Å². The first-order valence-corrected chi connectivity index (χ1v) is 3.91. The third kappa shape index (κ3) is 1.49. The summed E-state index contributed by atoms with van der Waals surface area (Å²) >= 11 is 3.08. The normalized spacial score (nSPS) is 12.9. The minimum absolute atomic E-state index is 0.238. The van der Waals surface area contributed by atoms with Crippen molar-refractivity contribution in [1.29, 1.82) is 0 Å². The van der Waals surface area contributed by atoms with Gasteiger partial charge >= 0.3 is 5.97 Å². The maximum Gasteiger partial charge on any atom is 0.338 e. The topological polar surface area (TPSA) is 75.3 Å². The second-order valence-corrected chi connectivity index (χ2v) is 3.10. The Morgan fingerprint density at radius 1 is 1.83 bits per heavy atom. The molecule has 0 radical (unpaired) electrons. The zero-order valence-corrected chi connectivity index (χ0v) is 7.82. The molecule has 0 bridgehead atoms. The number of halogens is 1. The summed E-state index contributed by atoms with van der Waals surface area (Å²) in [5.74, 6) is -1.29. The van der Waals surface area contributed by atoms with E-state index in [0.717, 1.165) is 0 Å². The molecule has 1 aromatic rings. The van der Waals surface area contributed by atoms with Gasteiger partial charge in [-0.3, -0.25) is 4.68 Å². The molecule has 1 heterocycles. The Bertz CT molecular complexity index is 290. The zero-order chi connectivity index (χ0) is 9.30. The van der Waals surface area contributed by atoms with E-state index in [-0.39, 0.29) is 5.69 Å². The highest BCUT2D eigenvalue weighted by atomic mass is 79.9. The van der Waals surface area contributed by atoms with Gasteiger partial charge in [0.1, 0.15) is 0 Å². The highest BCUT2D eigenvalue weighted by Crippen LogP contribution is 2.22. The van der Waals surface area contributed by atoms with E-state index in [4.69, 9.17) is 10.2 Å². The van der Waals surface area contributed by atoms with E-state index >= 15 is 0 Å². The van der Waals surface area contributed by atoms with Crippen LogP contribution in [-0.2, 0) is 11.8 Å². The van der Waals surface area contributed by atoms with E-state index in [2.05, 4.69) is 21.0 Å². The van der Waals surface area contributed by atoms with Gasteiger partial charge in [-0.15, -0.1) is 0 Å².